The highest BCUT2D eigenvalue weighted by Crippen LogP contribution is 2.30. The molecule has 0 aliphatic carbocycles. The summed E-state index contributed by atoms with van der Waals surface area (Å²) in [6.45, 7) is 3.04. The van der Waals surface area contributed by atoms with Gasteiger partial charge in [0.15, 0.2) is 0 Å². The second-order valence-electron chi connectivity index (χ2n) is 5.36. The molecule has 2 aromatic heterocycles. The molecule has 0 spiro atoms. The van der Waals surface area contributed by atoms with Crippen LogP contribution >= 0.6 is 0 Å². The lowest BCUT2D eigenvalue weighted by molar-refractivity contribution is 0.312. The number of hydrogen-bond donors (Lipinski definition) is 1. The Morgan fingerprint density at radius 3 is 2.90 bits per heavy atom. The molecule has 7 heteroatoms. The zero-order valence-electron chi connectivity index (χ0n) is 11.9. The Labute approximate surface area is 124 Å². The molecule has 0 aromatic carbocycles. The van der Waals surface area contributed by atoms with Crippen molar-refractivity contribution in [1.82, 2.24) is 19.5 Å². The van der Waals surface area contributed by atoms with E-state index in [0.717, 1.165) is 24.1 Å². The Hall–Kier alpha value is -1.73. The van der Waals surface area contributed by atoms with Gasteiger partial charge in [-0.15, -0.1) is 0 Å². The molecule has 0 amide bonds. The van der Waals surface area contributed by atoms with Gasteiger partial charge in [-0.25, -0.2) is 8.42 Å². The minimum atomic E-state index is -3.46. The van der Waals surface area contributed by atoms with Gasteiger partial charge in [-0.2, -0.15) is 9.40 Å². The normalized spacial score (nSPS) is 20.5. The summed E-state index contributed by atoms with van der Waals surface area (Å²) in [5, 5.41) is 7.04. The average molecular weight is 306 g/mol. The highest BCUT2D eigenvalue weighted by molar-refractivity contribution is 7.89. The summed E-state index contributed by atoms with van der Waals surface area (Å²) < 4.78 is 26.8. The van der Waals surface area contributed by atoms with Crippen molar-refractivity contribution in [2.45, 2.75) is 30.6 Å². The Morgan fingerprint density at radius 1 is 1.38 bits per heavy atom. The van der Waals surface area contributed by atoms with Crippen molar-refractivity contribution in [1.29, 1.82) is 0 Å². The third-order valence-corrected chi connectivity index (χ3v) is 5.78. The Bertz CT molecular complexity index is 712. The molecule has 1 aliphatic rings. The van der Waals surface area contributed by atoms with Gasteiger partial charge in [0.2, 0.25) is 10.0 Å². The number of hydrogen-bond acceptors (Lipinski definition) is 4. The summed E-state index contributed by atoms with van der Waals surface area (Å²) in [6, 6.07) is 3.24. The zero-order chi connectivity index (χ0) is 14.9. The highest BCUT2D eigenvalue weighted by atomic mass is 32.2. The van der Waals surface area contributed by atoms with Crippen LogP contribution in [0, 0.1) is 6.92 Å². The van der Waals surface area contributed by atoms with Gasteiger partial charge in [0.05, 0.1) is 6.20 Å². The van der Waals surface area contributed by atoms with E-state index in [9.17, 15) is 8.42 Å². The number of piperidine rings is 1. The lowest BCUT2D eigenvalue weighted by Gasteiger charge is -2.31. The van der Waals surface area contributed by atoms with E-state index < -0.39 is 10.0 Å². The van der Waals surface area contributed by atoms with Gasteiger partial charge in [-0.05, 0) is 37.5 Å². The van der Waals surface area contributed by atoms with Crippen molar-refractivity contribution in [3.05, 3.63) is 42.0 Å². The molecule has 2 aromatic rings. The van der Waals surface area contributed by atoms with Crippen LogP contribution < -0.4 is 0 Å². The van der Waals surface area contributed by atoms with Crippen molar-refractivity contribution in [2.24, 2.45) is 0 Å². The van der Waals surface area contributed by atoms with Crippen LogP contribution in [0.2, 0.25) is 0 Å². The quantitative estimate of drug-likeness (QED) is 0.935. The number of sulfonamides is 1. The smallest absolute Gasteiger partial charge is 0.244 e. The molecule has 6 nitrogen and oxygen atoms in total. The number of H-pyrrole nitrogens is 1. The third kappa shape index (κ3) is 2.71. The van der Waals surface area contributed by atoms with E-state index in [1.165, 1.54) is 6.20 Å². The summed E-state index contributed by atoms with van der Waals surface area (Å²) in [5.74, 6) is 0.174. The number of rotatable bonds is 3. The van der Waals surface area contributed by atoms with E-state index >= 15 is 0 Å². The van der Waals surface area contributed by atoms with E-state index in [2.05, 4.69) is 15.2 Å². The fourth-order valence-corrected chi connectivity index (χ4v) is 4.30. The number of aryl methyl sites for hydroxylation is 1. The Kier molecular flexibility index (Phi) is 3.77. The van der Waals surface area contributed by atoms with Gasteiger partial charge in [-0.1, -0.05) is 0 Å². The molecule has 1 atom stereocenters. The summed E-state index contributed by atoms with van der Waals surface area (Å²) >= 11 is 0. The Morgan fingerprint density at radius 2 is 2.24 bits per heavy atom. The maximum atomic E-state index is 12.6. The summed E-state index contributed by atoms with van der Waals surface area (Å²) in [6.07, 6.45) is 6.58. The molecule has 0 bridgehead atoms. The fourth-order valence-electron chi connectivity index (χ4n) is 2.81. The van der Waals surface area contributed by atoms with E-state index in [1.807, 2.05) is 6.92 Å². The second-order valence-corrected chi connectivity index (χ2v) is 7.30. The van der Waals surface area contributed by atoms with Gasteiger partial charge >= 0.3 is 0 Å². The first kappa shape index (κ1) is 14.2. The molecule has 0 radical (unpaired) electrons. The molecule has 0 saturated carbocycles. The molecule has 3 heterocycles. The van der Waals surface area contributed by atoms with Gasteiger partial charge in [0.25, 0.3) is 0 Å². The van der Waals surface area contributed by atoms with Gasteiger partial charge in [0.1, 0.15) is 4.90 Å². The number of aromatic amines is 1. The predicted molar refractivity (Wildman–Crippen MR) is 78.3 cm³/mol. The molecule has 112 valence electrons. The van der Waals surface area contributed by atoms with Crippen LogP contribution in [0.3, 0.4) is 0 Å². The minimum Gasteiger partial charge on any atom is -0.282 e. The molecular weight excluding hydrogens is 288 g/mol. The second kappa shape index (κ2) is 5.57. The van der Waals surface area contributed by atoms with Crippen molar-refractivity contribution < 1.29 is 8.42 Å². The molecule has 3 rings (SSSR count). The topological polar surface area (TPSA) is 79.0 Å². The number of nitrogens with one attached hydrogen (secondary N) is 1. The monoisotopic (exact) mass is 306 g/mol. The molecule has 1 aliphatic heterocycles. The molecule has 1 fully saturated rings. The zero-order valence-corrected chi connectivity index (χ0v) is 12.7. The third-order valence-electron chi connectivity index (χ3n) is 3.93. The van der Waals surface area contributed by atoms with E-state index in [4.69, 9.17) is 0 Å². The molecular formula is C14H18N4O2S. The first-order valence-electron chi connectivity index (χ1n) is 6.99. The maximum Gasteiger partial charge on any atom is 0.244 e. The van der Waals surface area contributed by atoms with Crippen LogP contribution in [-0.4, -0.2) is 41.0 Å². The Balaban J connectivity index is 1.85. The first-order valence-corrected chi connectivity index (χ1v) is 8.43. The number of pyridine rings is 1. The average Bonchev–Trinajstić information content (AvgIpc) is 2.94. The largest absolute Gasteiger partial charge is 0.282 e. The SMILES string of the molecule is Cc1cn[nH]c1C1CCCN(S(=O)(=O)c2cccnc2)C1. The van der Waals surface area contributed by atoms with Crippen LogP contribution in [-0.2, 0) is 10.0 Å². The van der Waals surface area contributed by atoms with Crippen LogP contribution in [0.5, 0.6) is 0 Å². The van der Waals surface area contributed by atoms with Gasteiger partial charge in [0, 0.05) is 37.1 Å². The van der Waals surface area contributed by atoms with Gasteiger partial charge < -0.3 is 0 Å². The van der Waals surface area contributed by atoms with Crippen LogP contribution in [0.25, 0.3) is 0 Å². The van der Waals surface area contributed by atoms with E-state index in [0.29, 0.717) is 13.1 Å². The van der Waals surface area contributed by atoms with Crippen molar-refractivity contribution in [3.8, 4) is 0 Å². The predicted octanol–water partition coefficient (Wildman–Crippen LogP) is 1.68. The maximum absolute atomic E-state index is 12.6. The van der Waals surface area contributed by atoms with E-state index in [1.54, 1.807) is 28.8 Å². The minimum absolute atomic E-state index is 0.174. The lowest BCUT2D eigenvalue weighted by atomic mass is 9.94. The number of aromatic nitrogens is 3. The first-order chi connectivity index (χ1) is 10.1. The lowest BCUT2D eigenvalue weighted by Crippen LogP contribution is -2.39. The van der Waals surface area contributed by atoms with E-state index in [-0.39, 0.29) is 10.8 Å². The van der Waals surface area contributed by atoms with Gasteiger partial charge in [-0.3, -0.25) is 10.1 Å². The fraction of sp³-hybridized carbons (Fsp3) is 0.429. The van der Waals surface area contributed by atoms with Crippen LogP contribution in [0.1, 0.15) is 30.0 Å². The van der Waals surface area contributed by atoms with Crippen LogP contribution in [0.4, 0.5) is 0 Å². The van der Waals surface area contributed by atoms with Crippen LogP contribution in [0.15, 0.2) is 35.6 Å². The van der Waals surface area contributed by atoms with Crippen molar-refractivity contribution in [3.63, 3.8) is 0 Å². The standard InChI is InChI=1S/C14H18N4O2S/c1-11-8-16-17-14(11)12-4-3-7-18(10-12)21(19,20)13-5-2-6-15-9-13/h2,5-6,8-9,12H,3-4,7,10H2,1H3,(H,16,17). The molecule has 21 heavy (non-hydrogen) atoms. The number of nitrogens with zero attached hydrogens (tertiary/aromatic N) is 3. The highest BCUT2D eigenvalue weighted by Gasteiger charge is 2.32. The summed E-state index contributed by atoms with van der Waals surface area (Å²) in [4.78, 5) is 4.16. The summed E-state index contributed by atoms with van der Waals surface area (Å²) in [7, 11) is -3.46. The molecule has 1 saturated heterocycles. The van der Waals surface area contributed by atoms with Crippen molar-refractivity contribution in [2.75, 3.05) is 13.1 Å². The van der Waals surface area contributed by atoms with Crippen molar-refractivity contribution >= 4 is 10.0 Å². The molecule has 1 N–H and O–H groups in total. The summed E-state index contributed by atoms with van der Waals surface area (Å²) in [5.41, 5.74) is 2.13. The molecule has 1 unspecified atom stereocenters.